The Kier molecular flexibility index (Phi) is 6.97. The normalized spacial score (nSPS) is 11.9. The number of ether oxygens (including phenoxy) is 1. The molecule has 1 rings (SSSR count). The summed E-state index contributed by atoms with van der Waals surface area (Å²) in [6, 6.07) is 8.23. The Hall–Kier alpha value is -1.55. The van der Waals surface area contributed by atoms with Crippen LogP contribution in [0, 0.1) is 0 Å². The Labute approximate surface area is 115 Å². The summed E-state index contributed by atoms with van der Waals surface area (Å²) >= 11 is 0. The number of methoxy groups -OCH3 is 1. The highest BCUT2D eigenvalue weighted by atomic mass is 16.5. The molecule has 0 saturated heterocycles. The van der Waals surface area contributed by atoms with Gasteiger partial charge in [0.25, 0.3) is 0 Å². The third-order valence-electron chi connectivity index (χ3n) is 3.05. The van der Waals surface area contributed by atoms with E-state index in [1.165, 1.54) is 5.56 Å². The van der Waals surface area contributed by atoms with E-state index >= 15 is 0 Å². The Balaban J connectivity index is 2.17. The average Bonchev–Trinajstić information content (AvgIpc) is 2.44. The van der Waals surface area contributed by atoms with Gasteiger partial charge in [0.1, 0.15) is 5.75 Å². The summed E-state index contributed by atoms with van der Waals surface area (Å²) in [7, 11) is 1.66. The van der Waals surface area contributed by atoms with Crippen LogP contribution in [-0.2, 0) is 11.2 Å². The molecule has 1 atom stereocenters. The fourth-order valence-corrected chi connectivity index (χ4v) is 1.65. The van der Waals surface area contributed by atoms with Crippen molar-refractivity contribution in [2.45, 2.75) is 32.7 Å². The maximum atomic E-state index is 11.5. The van der Waals surface area contributed by atoms with Crippen LogP contribution in [0.15, 0.2) is 24.3 Å². The van der Waals surface area contributed by atoms with E-state index in [0.717, 1.165) is 25.1 Å². The fourth-order valence-electron chi connectivity index (χ4n) is 1.65. The Morgan fingerprint density at radius 2 is 2.00 bits per heavy atom. The van der Waals surface area contributed by atoms with Crippen LogP contribution >= 0.6 is 0 Å². The number of hydrogen-bond donors (Lipinski definition) is 2. The molecule has 4 nitrogen and oxygen atoms in total. The quantitative estimate of drug-likeness (QED) is 0.703. The predicted molar refractivity (Wildman–Crippen MR) is 77.5 cm³/mol. The topological polar surface area (TPSA) is 50.4 Å². The predicted octanol–water partition coefficient (Wildman–Crippen LogP) is 1.74. The van der Waals surface area contributed by atoms with Gasteiger partial charge < -0.3 is 15.4 Å². The van der Waals surface area contributed by atoms with Crippen LogP contribution in [0.2, 0.25) is 0 Å². The van der Waals surface area contributed by atoms with Crippen LogP contribution < -0.4 is 15.4 Å². The van der Waals surface area contributed by atoms with Crippen LogP contribution in [0.1, 0.15) is 25.8 Å². The van der Waals surface area contributed by atoms with Crippen molar-refractivity contribution in [2.24, 2.45) is 0 Å². The smallest absolute Gasteiger partial charge is 0.234 e. The van der Waals surface area contributed by atoms with E-state index in [-0.39, 0.29) is 11.9 Å². The maximum Gasteiger partial charge on any atom is 0.234 e. The largest absolute Gasteiger partial charge is 0.497 e. The SMILES string of the molecule is CCC(C)NC(=O)CNCCc1ccc(OC)cc1. The second kappa shape index (κ2) is 8.53. The summed E-state index contributed by atoms with van der Waals surface area (Å²) in [6.45, 7) is 5.23. The fraction of sp³-hybridized carbons (Fsp3) is 0.533. The Bertz CT molecular complexity index is 376. The minimum atomic E-state index is 0.0593. The van der Waals surface area contributed by atoms with E-state index in [1.807, 2.05) is 31.2 Å². The third-order valence-corrected chi connectivity index (χ3v) is 3.05. The molecule has 0 heterocycles. The highest BCUT2D eigenvalue weighted by Gasteiger charge is 2.04. The number of nitrogens with one attached hydrogen (secondary N) is 2. The molecule has 106 valence electrons. The van der Waals surface area contributed by atoms with Crippen LogP contribution in [0.25, 0.3) is 0 Å². The lowest BCUT2D eigenvalue weighted by Gasteiger charge is -2.11. The van der Waals surface area contributed by atoms with Crippen molar-refractivity contribution in [3.05, 3.63) is 29.8 Å². The molecule has 0 aliphatic heterocycles. The third kappa shape index (κ3) is 6.25. The molecule has 1 aromatic rings. The standard InChI is InChI=1S/C15H24N2O2/c1-4-12(2)17-15(18)11-16-10-9-13-5-7-14(19-3)8-6-13/h5-8,12,16H,4,9-11H2,1-3H3,(H,17,18). The molecule has 0 aliphatic carbocycles. The number of carbonyl (C=O) groups is 1. The molecule has 1 amide bonds. The average molecular weight is 264 g/mol. The molecule has 2 N–H and O–H groups in total. The van der Waals surface area contributed by atoms with E-state index in [1.54, 1.807) is 7.11 Å². The molecule has 0 aromatic heterocycles. The van der Waals surface area contributed by atoms with Gasteiger partial charge in [-0.25, -0.2) is 0 Å². The van der Waals surface area contributed by atoms with Crippen LogP contribution in [0.5, 0.6) is 5.75 Å². The van der Waals surface area contributed by atoms with E-state index in [2.05, 4.69) is 17.6 Å². The summed E-state index contributed by atoms with van der Waals surface area (Å²) in [4.78, 5) is 11.5. The van der Waals surface area contributed by atoms with E-state index < -0.39 is 0 Å². The lowest BCUT2D eigenvalue weighted by molar-refractivity contribution is -0.120. The number of hydrogen-bond acceptors (Lipinski definition) is 3. The molecule has 0 spiro atoms. The lowest BCUT2D eigenvalue weighted by Crippen LogP contribution is -2.39. The van der Waals surface area contributed by atoms with Gasteiger partial charge in [-0.05, 0) is 44.0 Å². The zero-order chi connectivity index (χ0) is 14.1. The molecule has 4 heteroatoms. The maximum absolute atomic E-state index is 11.5. The number of amides is 1. The summed E-state index contributed by atoms with van der Waals surface area (Å²) in [6.07, 6.45) is 1.86. The summed E-state index contributed by atoms with van der Waals surface area (Å²) in [5, 5.41) is 6.07. The minimum absolute atomic E-state index is 0.0593. The van der Waals surface area contributed by atoms with Crippen molar-refractivity contribution in [3.63, 3.8) is 0 Å². The van der Waals surface area contributed by atoms with Gasteiger partial charge in [-0.1, -0.05) is 19.1 Å². The molecule has 0 saturated carbocycles. The second-order valence-electron chi connectivity index (χ2n) is 4.65. The number of carbonyl (C=O) groups excluding carboxylic acids is 1. The Morgan fingerprint density at radius 1 is 1.32 bits per heavy atom. The first kappa shape index (κ1) is 15.5. The zero-order valence-corrected chi connectivity index (χ0v) is 12.0. The summed E-state index contributed by atoms with van der Waals surface area (Å²) < 4.78 is 5.11. The molecule has 0 fully saturated rings. The van der Waals surface area contributed by atoms with E-state index in [4.69, 9.17) is 4.74 Å². The number of rotatable bonds is 8. The molecule has 19 heavy (non-hydrogen) atoms. The first-order valence-electron chi connectivity index (χ1n) is 6.78. The molecule has 1 unspecified atom stereocenters. The molecule has 1 aromatic carbocycles. The van der Waals surface area contributed by atoms with Gasteiger partial charge in [-0.2, -0.15) is 0 Å². The molecule has 0 aliphatic rings. The van der Waals surface area contributed by atoms with Crippen molar-refractivity contribution >= 4 is 5.91 Å². The summed E-state index contributed by atoms with van der Waals surface area (Å²) in [5.41, 5.74) is 1.23. The molecular formula is C15H24N2O2. The van der Waals surface area contributed by atoms with Crippen LogP contribution in [0.4, 0.5) is 0 Å². The van der Waals surface area contributed by atoms with Gasteiger partial charge in [0.05, 0.1) is 13.7 Å². The van der Waals surface area contributed by atoms with Gasteiger partial charge in [0.2, 0.25) is 5.91 Å². The van der Waals surface area contributed by atoms with Crippen molar-refractivity contribution in [1.82, 2.24) is 10.6 Å². The highest BCUT2D eigenvalue weighted by Crippen LogP contribution is 2.11. The molecule has 0 bridgehead atoms. The van der Waals surface area contributed by atoms with Gasteiger partial charge in [0.15, 0.2) is 0 Å². The van der Waals surface area contributed by atoms with Crippen molar-refractivity contribution in [3.8, 4) is 5.75 Å². The van der Waals surface area contributed by atoms with Crippen molar-refractivity contribution in [1.29, 1.82) is 0 Å². The first-order chi connectivity index (χ1) is 9.15. The van der Waals surface area contributed by atoms with Gasteiger partial charge in [0, 0.05) is 6.04 Å². The minimum Gasteiger partial charge on any atom is -0.497 e. The van der Waals surface area contributed by atoms with Crippen LogP contribution in [0.3, 0.4) is 0 Å². The monoisotopic (exact) mass is 264 g/mol. The van der Waals surface area contributed by atoms with Crippen LogP contribution in [-0.4, -0.2) is 32.1 Å². The first-order valence-corrected chi connectivity index (χ1v) is 6.78. The zero-order valence-electron chi connectivity index (χ0n) is 12.0. The van der Waals surface area contributed by atoms with Crippen molar-refractivity contribution < 1.29 is 9.53 Å². The second-order valence-corrected chi connectivity index (χ2v) is 4.65. The lowest BCUT2D eigenvalue weighted by atomic mass is 10.1. The summed E-state index contributed by atoms with van der Waals surface area (Å²) in [5.74, 6) is 0.925. The van der Waals surface area contributed by atoms with Crippen molar-refractivity contribution in [2.75, 3.05) is 20.2 Å². The number of benzene rings is 1. The van der Waals surface area contributed by atoms with E-state index in [9.17, 15) is 4.79 Å². The molecule has 0 radical (unpaired) electrons. The molecular weight excluding hydrogens is 240 g/mol. The highest BCUT2D eigenvalue weighted by molar-refractivity contribution is 5.78. The van der Waals surface area contributed by atoms with E-state index in [0.29, 0.717) is 6.54 Å². The van der Waals surface area contributed by atoms with Gasteiger partial charge in [-0.15, -0.1) is 0 Å². The van der Waals surface area contributed by atoms with Gasteiger partial charge in [-0.3, -0.25) is 4.79 Å². The van der Waals surface area contributed by atoms with Gasteiger partial charge >= 0.3 is 0 Å². The Morgan fingerprint density at radius 3 is 2.58 bits per heavy atom.